The smallest absolute Gasteiger partial charge is 0.237 e. The summed E-state index contributed by atoms with van der Waals surface area (Å²) in [6.07, 6.45) is 2.24. The van der Waals surface area contributed by atoms with Crippen LogP contribution < -0.4 is 5.32 Å². The molecule has 0 radical (unpaired) electrons. The standard InChI is InChI=1S/C14H19NO2S/c1-17-9-10-18-13(11-5-3-2-4-6-11)14(16)15-12-7-8-12/h2-6,12-13H,7-10H2,1H3,(H,15,16)/t13-/m1/s1. The van der Waals surface area contributed by atoms with E-state index in [1.807, 2.05) is 30.3 Å². The number of benzene rings is 1. The lowest BCUT2D eigenvalue weighted by Gasteiger charge is -2.16. The first-order chi connectivity index (χ1) is 8.81. The molecule has 1 saturated carbocycles. The number of hydrogen-bond donors (Lipinski definition) is 1. The molecule has 0 aliphatic heterocycles. The second-order valence-corrected chi connectivity index (χ2v) is 5.65. The van der Waals surface area contributed by atoms with Crippen molar-refractivity contribution in [2.45, 2.75) is 24.1 Å². The molecule has 0 heterocycles. The van der Waals surface area contributed by atoms with E-state index in [4.69, 9.17) is 4.74 Å². The van der Waals surface area contributed by atoms with Gasteiger partial charge in [-0.25, -0.2) is 0 Å². The molecular formula is C14H19NO2S. The quantitative estimate of drug-likeness (QED) is 0.769. The summed E-state index contributed by atoms with van der Waals surface area (Å²) in [5.74, 6) is 0.957. The van der Waals surface area contributed by atoms with E-state index in [9.17, 15) is 4.79 Å². The molecule has 0 spiro atoms. The normalized spacial score (nSPS) is 16.3. The SMILES string of the molecule is COCCS[C@@H](C(=O)NC1CC1)c1ccccc1. The third kappa shape index (κ3) is 4.03. The van der Waals surface area contributed by atoms with Crippen molar-refractivity contribution in [2.24, 2.45) is 0 Å². The summed E-state index contributed by atoms with van der Waals surface area (Å²) in [7, 11) is 1.68. The maximum absolute atomic E-state index is 12.2. The van der Waals surface area contributed by atoms with Crippen LogP contribution in [0.1, 0.15) is 23.7 Å². The summed E-state index contributed by atoms with van der Waals surface area (Å²) in [4.78, 5) is 12.2. The molecule has 1 aromatic carbocycles. The molecule has 1 aliphatic carbocycles. The molecule has 1 N–H and O–H groups in total. The lowest BCUT2D eigenvalue weighted by molar-refractivity contribution is -0.120. The van der Waals surface area contributed by atoms with Gasteiger partial charge in [0.2, 0.25) is 5.91 Å². The summed E-state index contributed by atoms with van der Waals surface area (Å²) in [5.41, 5.74) is 1.07. The molecule has 4 heteroatoms. The highest BCUT2D eigenvalue weighted by Crippen LogP contribution is 2.30. The Kier molecular flexibility index (Phi) is 5.08. The Bertz CT molecular complexity index is 379. The summed E-state index contributed by atoms with van der Waals surface area (Å²) in [6.45, 7) is 0.671. The first-order valence-electron chi connectivity index (χ1n) is 6.27. The first-order valence-corrected chi connectivity index (χ1v) is 7.32. The van der Waals surface area contributed by atoms with E-state index < -0.39 is 0 Å². The van der Waals surface area contributed by atoms with Crippen LogP contribution in [-0.4, -0.2) is 31.4 Å². The number of methoxy groups -OCH3 is 1. The largest absolute Gasteiger partial charge is 0.384 e. The molecule has 18 heavy (non-hydrogen) atoms. The van der Waals surface area contributed by atoms with Gasteiger partial charge in [0.1, 0.15) is 5.25 Å². The molecule has 1 amide bonds. The van der Waals surface area contributed by atoms with E-state index in [2.05, 4.69) is 5.32 Å². The zero-order chi connectivity index (χ0) is 12.8. The number of hydrogen-bond acceptors (Lipinski definition) is 3. The molecule has 0 saturated heterocycles. The maximum Gasteiger partial charge on any atom is 0.237 e. The average molecular weight is 265 g/mol. The summed E-state index contributed by atoms with van der Waals surface area (Å²) >= 11 is 1.64. The van der Waals surface area contributed by atoms with E-state index in [0.717, 1.165) is 24.2 Å². The van der Waals surface area contributed by atoms with Crippen LogP contribution in [0, 0.1) is 0 Å². The predicted octanol–water partition coefficient (Wildman–Crippen LogP) is 2.39. The Morgan fingerprint density at radius 1 is 1.44 bits per heavy atom. The van der Waals surface area contributed by atoms with Gasteiger partial charge in [-0.3, -0.25) is 4.79 Å². The van der Waals surface area contributed by atoms with Crippen molar-refractivity contribution in [3.05, 3.63) is 35.9 Å². The van der Waals surface area contributed by atoms with E-state index in [1.54, 1.807) is 18.9 Å². The molecule has 0 unspecified atom stereocenters. The molecule has 3 nitrogen and oxygen atoms in total. The van der Waals surface area contributed by atoms with Crippen LogP contribution in [0.15, 0.2) is 30.3 Å². The minimum Gasteiger partial charge on any atom is -0.384 e. The van der Waals surface area contributed by atoms with Crippen molar-refractivity contribution in [1.29, 1.82) is 0 Å². The Hall–Kier alpha value is -1.00. The Balaban J connectivity index is 1.99. The zero-order valence-electron chi connectivity index (χ0n) is 10.6. The monoisotopic (exact) mass is 265 g/mol. The topological polar surface area (TPSA) is 38.3 Å². The average Bonchev–Trinajstić information content (AvgIpc) is 3.19. The van der Waals surface area contributed by atoms with Gasteiger partial charge in [0, 0.05) is 18.9 Å². The fourth-order valence-electron chi connectivity index (χ4n) is 1.70. The Labute approximate surface area is 112 Å². The summed E-state index contributed by atoms with van der Waals surface area (Å²) in [5, 5.41) is 2.96. The lowest BCUT2D eigenvalue weighted by atomic mass is 10.1. The molecule has 1 atom stereocenters. The predicted molar refractivity (Wildman–Crippen MR) is 74.7 cm³/mol. The van der Waals surface area contributed by atoms with Gasteiger partial charge in [0.25, 0.3) is 0 Å². The third-order valence-corrected chi connectivity index (χ3v) is 4.06. The van der Waals surface area contributed by atoms with Gasteiger partial charge in [-0.2, -0.15) is 0 Å². The highest BCUT2D eigenvalue weighted by atomic mass is 32.2. The van der Waals surface area contributed by atoms with Crippen molar-refractivity contribution in [2.75, 3.05) is 19.5 Å². The molecule has 2 rings (SSSR count). The van der Waals surface area contributed by atoms with E-state index in [0.29, 0.717) is 12.6 Å². The second kappa shape index (κ2) is 6.81. The number of amides is 1. The van der Waals surface area contributed by atoms with Gasteiger partial charge in [0.05, 0.1) is 6.61 Å². The second-order valence-electron chi connectivity index (χ2n) is 4.44. The van der Waals surface area contributed by atoms with Crippen LogP contribution in [0.2, 0.25) is 0 Å². The molecule has 1 fully saturated rings. The minimum absolute atomic E-state index is 0.123. The van der Waals surface area contributed by atoms with Crippen molar-refractivity contribution in [3.63, 3.8) is 0 Å². The molecule has 0 aromatic heterocycles. The van der Waals surface area contributed by atoms with Crippen LogP contribution >= 0.6 is 11.8 Å². The highest BCUT2D eigenvalue weighted by molar-refractivity contribution is 8.00. The van der Waals surface area contributed by atoms with Gasteiger partial charge < -0.3 is 10.1 Å². The number of rotatable bonds is 7. The van der Waals surface area contributed by atoms with Gasteiger partial charge in [-0.15, -0.1) is 11.8 Å². The lowest BCUT2D eigenvalue weighted by Crippen LogP contribution is -2.30. The first kappa shape index (κ1) is 13.4. The molecular weight excluding hydrogens is 246 g/mol. The number of nitrogens with one attached hydrogen (secondary N) is 1. The van der Waals surface area contributed by atoms with Gasteiger partial charge >= 0.3 is 0 Å². The number of thioether (sulfide) groups is 1. The van der Waals surface area contributed by atoms with E-state index in [1.165, 1.54) is 0 Å². The van der Waals surface area contributed by atoms with Crippen molar-refractivity contribution < 1.29 is 9.53 Å². The van der Waals surface area contributed by atoms with E-state index in [-0.39, 0.29) is 11.2 Å². The van der Waals surface area contributed by atoms with Crippen molar-refractivity contribution in [3.8, 4) is 0 Å². The molecule has 98 valence electrons. The Morgan fingerprint density at radius 3 is 2.78 bits per heavy atom. The fourth-order valence-corrected chi connectivity index (χ4v) is 2.77. The molecule has 0 bridgehead atoms. The number of carbonyl (C=O) groups excluding carboxylic acids is 1. The van der Waals surface area contributed by atoms with E-state index >= 15 is 0 Å². The molecule has 1 aliphatic rings. The summed E-state index contributed by atoms with van der Waals surface area (Å²) < 4.78 is 5.05. The Morgan fingerprint density at radius 2 is 2.17 bits per heavy atom. The van der Waals surface area contributed by atoms with Crippen molar-refractivity contribution >= 4 is 17.7 Å². The maximum atomic E-state index is 12.2. The van der Waals surface area contributed by atoms with Crippen LogP contribution in [0.3, 0.4) is 0 Å². The number of carbonyl (C=O) groups is 1. The highest BCUT2D eigenvalue weighted by Gasteiger charge is 2.28. The van der Waals surface area contributed by atoms with Crippen LogP contribution in [0.25, 0.3) is 0 Å². The van der Waals surface area contributed by atoms with Gasteiger partial charge in [-0.1, -0.05) is 30.3 Å². The fraction of sp³-hybridized carbons (Fsp3) is 0.500. The van der Waals surface area contributed by atoms with Gasteiger partial charge in [0.15, 0.2) is 0 Å². The molecule has 1 aromatic rings. The third-order valence-electron chi connectivity index (χ3n) is 2.84. The van der Waals surface area contributed by atoms with Gasteiger partial charge in [-0.05, 0) is 18.4 Å². The van der Waals surface area contributed by atoms with Crippen molar-refractivity contribution in [1.82, 2.24) is 5.32 Å². The van der Waals surface area contributed by atoms with Crippen LogP contribution in [0.5, 0.6) is 0 Å². The zero-order valence-corrected chi connectivity index (χ0v) is 11.4. The number of ether oxygens (including phenoxy) is 1. The van der Waals surface area contributed by atoms with Crippen LogP contribution in [-0.2, 0) is 9.53 Å². The summed E-state index contributed by atoms with van der Waals surface area (Å²) in [6, 6.07) is 10.4. The van der Waals surface area contributed by atoms with Crippen LogP contribution in [0.4, 0.5) is 0 Å². The minimum atomic E-state index is -0.123.